The molecule has 0 aliphatic carbocycles. The van der Waals surface area contributed by atoms with E-state index >= 15 is 0 Å². The van der Waals surface area contributed by atoms with E-state index in [0.717, 1.165) is 15.8 Å². The second-order valence-electron chi connectivity index (χ2n) is 8.98. The van der Waals surface area contributed by atoms with Crippen molar-refractivity contribution in [2.75, 3.05) is 18.5 Å². The fraction of sp³-hybridized carbons (Fsp3) is 0.333. The number of nitrogens with one attached hydrogen (secondary N) is 1. The summed E-state index contributed by atoms with van der Waals surface area (Å²) in [7, 11) is 0. The predicted molar refractivity (Wildman–Crippen MR) is 147 cm³/mol. The summed E-state index contributed by atoms with van der Waals surface area (Å²) in [5.41, 5.74) is 3.14. The van der Waals surface area contributed by atoms with Gasteiger partial charge in [-0.2, -0.15) is 0 Å². The number of esters is 1. The van der Waals surface area contributed by atoms with Crippen LogP contribution in [-0.4, -0.2) is 25.1 Å². The molecule has 3 aromatic rings. The number of hydrogen-bond acceptors (Lipinski definition) is 5. The molecule has 3 rings (SSSR count). The molecule has 0 unspecified atom stereocenters. The summed E-state index contributed by atoms with van der Waals surface area (Å²) in [4.78, 5) is 25.3. The van der Waals surface area contributed by atoms with Gasteiger partial charge in [-0.15, -0.1) is 11.3 Å². The van der Waals surface area contributed by atoms with Crippen LogP contribution in [0.1, 0.15) is 56.5 Å². The quantitative estimate of drug-likeness (QED) is 0.206. The number of halogens is 2. The van der Waals surface area contributed by atoms with Gasteiger partial charge in [0.15, 0.2) is 0 Å². The van der Waals surface area contributed by atoms with Crippen LogP contribution in [0.3, 0.4) is 0 Å². The van der Waals surface area contributed by atoms with Gasteiger partial charge in [0.25, 0.3) is 0 Å². The van der Waals surface area contributed by atoms with Crippen molar-refractivity contribution in [3.05, 3.63) is 68.5 Å². The highest BCUT2D eigenvalue weighted by molar-refractivity contribution is 9.10. The third-order valence-corrected chi connectivity index (χ3v) is 7.05. The lowest BCUT2D eigenvalue weighted by Crippen LogP contribution is -2.15. The van der Waals surface area contributed by atoms with E-state index in [1.165, 1.54) is 16.9 Å². The number of thiophene rings is 1. The first-order valence-electron chi connectivity index (χ1n) is 11.4. The third-order valence-electron chi connectivity index (χ3n) is 5.28. The molecule has 0 radical (unpaired) electrons. The number of anilines is 1. The average molecular weight is 579 g/mol. The molecule has 1 amide bonds. The van der Waals surface area contributed by atoms with Crippen LogP contribution >= 0.6 is 38.9 Å². The second-order valence-corrected chi connectivity index (χ2v) is 11.1. The molecule has 0 spiro atoms. The normalized spacial score (nSPS) is 11.3. The van der Waals surface area contributed by atoms with E-state index in [0.29, 0.717) is 34.2 Å². The first kappa shape index (κ1) is 27.2. The van der Waals surface area contributed by atoms with Gasteiger partial charge < -0.3 is 14.8 Å². The highest BCUT2D eigenvalue weighted by Gasteiger charge is 2.23. The van der Waals surface area contributed by atoms with E-state index in [-0.39, 0.29) is 24.3 Å². The minimum Gasteiger partial charge on any atom is -0.492 e. The maximum absolute atomic E-state index is 12.7. The summed E-state index contributed by atoms with van der Waals surface area (Å²) in [6.45, 7) is 8.87. The highest BCUT2D eigenvalue weighted by atomic mass is 79.9. The average Bonchev–Trinajstić information content (AvgIpc) is 3.21. The fourth-order valence-corrected chi connectivity index (χ4v) is 4.98. The lowest BCUT2D eigenvalue weighted by Gasteiger charge is -2.20. The second kappa shape index (κ2) is 12.1. The summed E-state index contributed by atoms with van der Waals surface area (Å²) < 4.78 is 12.0. The lowest BCUT2D eigenvalue weighted by atomic mass is 9.87. The molecule has 0 fully saturated rings. The van der Waals surface area contributed by atoms with E-state index in [4.69, 9.17) is 21.1 Å². The number of rotatable bonds is 9. The highest BCUT2D eigenvalue weighted by Crippen LogP contribution is 2.37. The molecular formula is C27H29BrClNO4S. The minimum atomic E-state index is -0.471. The Kier molecular flexibility index (Phi) is 9.39. The Morgan fingerprint density at radius 1 is 1.11 bits per heavy atom. The molecule has 0 aliphatic heterocycles. The van der Waals surface area contributed by atoms with Crippen molar-refractivity contribution >= 4 is 55.7 Å². The summed E-state index contributed by atoms with van der Waals surface area (Å²) in [5.74, 6) is 0.0838. The maximum Gasteiger partial charge on any atom is 0.341 e. The zero-order valence-corrected chi connectivity index (χ0v) is 23.4. The minimum absolute atomic E-state index is 0.0523. The third kappa shape index (κ3) is 7.32. The van der Waals surface area contributed by atoms with Crippen LogP contribution in [0.25, 0.3) is 11.1 Å². The Hall–Kier alpha value is -2.35. The molecule has 1 heterocycles. The summed E-state index contributed by atoms with van der Waals surface area (Å²) in [6, 6.07) is 13.3. The molecule has 1 N–H and O–H groups in total. The summed E-state index contributed by atoms with van der Waals surface area (Å²) in [5, 5.41) is 5.79. The fourth-order valence-electron chi connectivity index (χ4n) is 3.39. The first-order chi connectivity index (χ1) is 16.6. The zero-order chi connectivity index (χ0) is 25.6. The van der Waals surface area contributed by atoms with Crippen LogP contribution in [-0.2, 0) is 14.9 Å². The van der Waals surface area contributed by atoms with E-state index in [2.05, 4.69) is 54.2 Å². The number of carbonyl (C=O) groups excluding carboxylic acids is 2. The molecule has 1 aromatic heterocycles. The molecule has 0 bridgehead atoms. The predicted octanol–water partition coefficient (Wildman–Crippen LogP) is 8.10. The largest absolute Gasteiger partial charge is 0.492 e. The molecule has 0 aliphatic rings. The molecule has 0 atom stereocenters. The van der Waals surface area contributed by atoms with Crippen molar-refractivity contribution < 1.29 is 19.1 Å². The van der Waals surface area contributed by atoms with Gasteiger partial charge in [-0.1, -0.05) is 50.6 Å². The Balaban J connectivity index is 1.62. The van der Waals surface area contributed by atoms with Gasteiger partial charge >= 0.3 is 5.97 Å². The van der Waals surface area contributed by atoms with Crippen LogP contribution in [0.4, 0.5) is 5.00 Å². The molecule has 35 heavy (non-hydrogen) atoms. The Labute approximate surface area is 223 Å². The van der Waals surface area contributed by atoms with Gasteiger partial charge in [-0.3, -0.25) is 4.79 Å². The molecule has 5 nitrogen and oxygen atoms in total. The van der Waals surface area contributed by atoms with Gasteiger partial charge in [-0.05, 0) is 70.1 Å². The van der Waals surface area contributed by atoms with E-state index in [1.807, 2.05) is 23.6 Å². The molecular weight excluding hydrogens is 550 g/mol. The smallest absolute Gasteiger partial charge is 0.341 e. The molecule has 0 saturated carbocycles. The standard InChI is InChI=1S/C27H29BrClNO4S/c1-5-33-26(32)24-20(17-8-11-19(29)12-9-17)16-35-25(24)30-23(31)7-6-14-34-22-13-10-18(15-21(22)28)27(2,3)4/h8-13,15-16H,5-7,14H2,1-4H3,(H,30,31). The maximum atomic E-state index is 12.7. The molecule has 8 heteroatoms. The topological polar surface area (TPSA) is 64.6 Å². The van der Waals surface area contributed by atoms with Crippen LogP contribution in [0, 0.1) is 0 Å². The molecule has 0 saturated heterocycles. The lowest BCUT2D eigenvalue weighted by molar-refractivity contribution is -0.116. The van der Waals surface area contributed by atoms with E-state index in [9.17, 15) is 9.59 Å². The van der Waals surface area contributed by atoms with Crippen LogP contribution < -0.4 is 10.1 Å². The van der Waals surface area contributed by atoms with Crippen LogP contribution in [0.2, 0.25) is 5.02 Å². The number of amides is 1. The van der Waals surface area contributed by atoms with Crippen LogP contribution in [0.5, 0.6) is 5.75 Å². The van der Waals surface area contributed by atoms with Gasteiger partial charge in [0, 0.05) is 22.4 Å². The number of ether oxygens (including phenoxy) is 2. The van der Waals surface area contributed by atoms with Gasteiger partial charge in [-0.25, -0.2) is 4.79 Å². The van der Waals surface area contributed by atoms with Crippen molar-refractivity contribution in [3.63, 3.8) is 0 Å². The zero-order valence-electron chi connectivity index (χ0n) is 20.2. The Bertz CT molecular complexity index is 1180. The molecule has 186 valence electrons. The molecule has 2 aromatic carbocycles. The summed E-state index contributed by atoms with van der Waals surface area (Å²) >= 11 is 10.9. The van der Waals surface area contributed by atoms with Crippen LogP contribution in [0.15, 0.2) is 52.3 Å². The first-order valence-corrected chi connectivity index (χ1v) is 13.4. The monoisotopic (exact) mass is 577 g/mol. The van der Waals surface area contributed by atoms with Crippen molar-refractivity contribution in [3.8, 4) is 16.9 Å². The van der Waals surface area contributed by atoms with E-state index < -0.39 is 5.97 Å². The van der Waals surface area contributed by atoms with Crippen molar-refractivity contribution in [1.82, 2.24) is 0 Å². The van der Waals surface area contributed by atoms with Gasteiger partial charge in [0.05, 0.1) is 17.7 Å². The summed E-state index contributed by atoms with van der Waals surface area (Å²) in [6.07, 6.45) is 0.789. The number of benzene rings is 2. The SMILES string of the molecule is CCOC(=O)c1c(-c2ccc(Cl)cc2)csc1NC(=O)CCCOc1ccc(C(C)(C)C)cc1Br. The Morgan fingerprint density at radius 3 is 2.46 bits per heavy atom. The van der Waals surface area contributed by atoms with Crippen molar-refractivity contribution in [2.45, 2.75) is 46.0 Å². The van der Waals surface area contributed by atoms with E-state index in [1.54, 1.807) is 19.1 Å². The van der Waals surface area contributed by atoms with Crippen molar-refractivity contribution in [2.24, 2.45) is 0 Å². The van der Waals surface area contributed by atoms with Gasteiger partial charge in [0.2, 0.25) is 5.91 Å². The Morgan fingerprint density at radius 2 is 1.83 bits per heavy atom. The van der Waals surface area contributed by atoms with Gasteiger partial charge in [0.1, 0.15) is 16.3 Å². The van der Waals surface area contributed by atoms with Crippen molar-refractivity contribution in [1.29, 1.82) is 0 Å². The number of carbonyl (C=O) groups is 2. The number of hydrogen-bond donors (Lipinski definition) is 1.